The number of carbonyl (C=O) groups excluding carboxylic acids is 3. The summed E-state index contributed by atoms with van der Waals surface area (Å²) < 4.78 is 5.43. The van der Waals surface area contributed by atoms with E-state index in [1.54, 1.807) is 27.6 Å². The molecule has 11 heteroatoms. The summed E-state index contributed by atoms with van der Waals surface area (Å²) in [5.74, 6) is -0.368. The van der Waals surface area contributed by atoms with Crippen molar-refractivity contribution in [2.24, 2.45) is 5.73 Å². The van der Waals surface area contributed by atoms with Crippen LogP contribution in [0.5, 0.6) is 0 Å². The Balaban J connectivity index is 1.51. The standard InChI is InChI=1S/C28H36N8O3/c1-5-13-34-24-12-11-20(26(29)38)16-23(24)30-28(34)31-27(39)25-22(19(4)33-35(25)6-2)10-8-7-9-14-36-21(17-37)15-18(3)32-36/h11-12,15-17H,5-10,13-14H2,1-4H3,(H2,29,38)(H,30,31,39). The van der Waals surface area contributed by atoms with Gasteiger partial charge in [-0.05, 0) is 70.7 Å². The highest BCUT2D eigenvalue weighted by Gasteiger charge is 2.23. The Bertz CT molecular complexity index is 1510. The zero-order chi connectivity index (χ0) is 28.1. The molecule has 206 valence electrons. The number of carbonyl (C=O) groups is 3. The molecule has 2 amide bonds. The van der Waals surface area contributed by atoms with Gasteiger partial charge in [0.25, 0.3) is 5.91 Å². The number of amides is 2. The molecule has 4 aromatic rings. The van der Waals surface area contributed by atoms with Crippen molar-refractivity contribution in [1.29, 1.82) is 0 Å². The maximum absolute atomic E-state index is 13.6. The lowest BCUT2D eigenvalue weighted by Crippen LogP contribution is -2.21. The van der Waals surface area contributed by atoms with Gasteiger partial charge < -0.3 is 10.3 Å². The van der Waals surface area contributed by atoms with Crippen molar-refractivity contribution in [2.75, 3.05) is 5.32 Å². The number of nitrogens with one attached hydrogen (secondary N) is 1. The monoisotopic (exact) mass is 532 g/mol. The van der Waals surface area contributed by atoms with E-state index in [2.05, 4.69) is 27.4 Å². The largest absolute Gasteiger partial charge is 0.366 e. The molecule has 0 radical (unpaired) electrons. The second-order valence-electron chi connectivity index (χ2n) is 9.70. The molecule has 1 aromatic carbocycles. The topological polar surface area (TPSA) is 143 Å². The molecule has 0 fully saturated rings. The molecular weight excluding hydrogens is 496 g/mol. The number of nitrogens with two attached hydrogens (primary N) is 1. The van der Waals surface area contributed by atoms with E-state index in [1.165, 1.54) is 0 Å². The van der Waals surface area contributed by atoms with Gasteiger partial charge in [-0.2, -0.15) is 10.2 Å². The van der Waals surface area contributed by atoms with E-state index in [9.17, 15) is 14.4 Å². The number of nitrogens with zero attached hydrogens (tertiary/aromatic N) is 6. The molecule has 0 aliphatic carbocycles. The number of anilines is 1. The molecule has 3 aromatic heterocycles. The third kappa shape index (κ3) is 5.92. The van der Waals surface area contributed by atoms with Crippen LogP contribution in [0.25, 0.3) is 11.0 Å². The quantitative estimate of drug-likeness (QED) is 0.196. The second kappa shape index (κ2) is 12.1. The van der Waals surface area contributed by atoms with Crippen LogP contribution < -0.4 is 11.1 Å². The Labute approximate surface area is 227 Å². The van der Waals surface area contributed by atoms with Crippen molar-refractivity contribution in [3.63, 3.8) is 0 Å². The first kappa shape index (κ1) is 27.7. The van der Waals surface area contributed by atoms with E-state index in [0.717, 1.165) is 54.4 Å². The van der Waals surface area contributed by atoms with Crippen LogP contribution in [-0.2, 0) is 26.1 Å². The molecule has 0 aliphatic rings. The van der Waals surface area contributed by atoms with Crippen molar-refractivity contribution in [3.05, 3.63) is 58.2 Å². The van der Waals surface area contributed by atoms with Gasteiger partial charge in [0.1, 0.15) is 11.4 Å². The number of hydrogen-bond donors (Lipinski definition) is 2. The van der Waals surface area contributed by atoms with E-state index >= 15 is 0 Å². The maximum atomic E-state index is 13.6. The smallest absolute Gasteiger partial charge is 0.276 e. The molecule has 0 bridgehead atoms. The minimum Gasteiger partial charge on any atom is -0.366 e. The van der Waals surface area contributed by atoms with Crippen molar-refractivity contribution >= 4 is 35.1 Å². The summed E-state index contributed by atoms with van der Waals surface area (Å²) in [6, 6.07) is 6.91. The Morgan fingerprint density at radius 2 is 1.82 bits per heavy atom. The molecule has 11 nitrogen and oxygen atoms in total. The first-order valence-corrected chi connectivity index (χ1v) is 13.4. The summed E-state index contributed by atoms with van der Waals surface area (Å²) in [6.45, 7) is 9.70. The number of aromatic nitrogens is 6. The highest BCUT2D eigenvalue weighted by Crippen LogP contribution is 2.24. The number of aryl methyl sites for hydroxylation is 5. The van der Waals surface area contributed by atoms with E-state index < -0.39 is 5.91 Å². The van der Waals surface area contributed by atoms with Crippen LogP contribution in [0.1, 0.15) is 87.8 Å². The molecule has 3 N–H and O–H groups in total. The van der Waals surface area contributed by atoms with Gasteiger partial charge in [0.15, 0.2) is 6.29 Å². The Morgan fingerprint density at radius 1 is 1.03 bits per heavy atom. The summed E-state index contributed by atoms with van der Waals surface area (Å²) in [6.07, 6.45) is 5.05. The Morgan fingerprint density at radius 3 is 2.51 bits per heavy atom. The summed E-state index contributed by atoms with van der Waals surface area (Å²) in [5.41, 5.74) is 10.9. The van der Waals surface area contributed by atoms with Gasteiger partial charge >= 0.3 is 0 Å². The fourth-order valence-electron chi connectivity index (χ4n) is 4.97. The highest BCUT2D eigenvalue weighted by atomic mass is 16.2. The average molecular weight is 533 g/mol. The van der Waals surface area contributed by atoms with Gasteiger partial charge in [0, 0.05) is 30.8 Å². The number of rotatable bonds is 13. The lowest BCUT2D eigenvalue weighted by atomic mass is 10.0. The molecule has 3 heterocycles. The van der Waals surface area contributed by atoms with Gasteiger partial charge in [-0.1, -0.05) is 13.3 Å². The van der Waals surface area contributed by atoms with Crippen LogP contribution in [0.3, 0.4) is 0 Å². The molecule has 39 heavy (non-hydrogen) atoms. The predicted molar refractivity (Wildman–Crippen MR) is 149 cm³/mol. The first-order chi connectivity index (χ1) is 18.8. The fraction of sp³-hybridized carbons (Fsp3) is 0.429. The lowest BCUT2D eigenvalue weighted by molar-refractivity contribution is 0.0995. The molecule has 0 saturated carbocycles. The third-order valence-corrected chi connectivity index (χ3v) is 6.82. The highest BCUT2D eigenvalue weighted by molar-refractivity contribution is 6.04. The Hall–Kier alpha value is -4.28. The number of aldehydes is 1. The molecule has 0 spiro atoms. The van der Waals surface area contributed by atoms with Crippen LogP contribution >= 0.6 is 0 Å². The van der Waals surface area contributed by atoms with E-state index in [4.69, 9.17) is 5.73 Å². The molecule has 0 aliphatic heterocycles. The van der Waals surface area contributed by atoms with Crippen LogP contribution in [0.15, 0.2) is 24.3 Å². The van der Waals surface area contributed by atoms with Crippen LogP contribution in [0.4, 0.5) is 5.95 Å². The lowest BCUT2D eigenvalue weighted by Gasteiger charge is -2.11. The van der Waals surface area contributed by atoms with Gasteiger partial charge in [0.05, 0.1) is 22.4 Å². The van der Waals surface area contributed by atoms with Gasteiger partial charge in [-0.15, -0.1) is 0 Å². The first-order valence-electron chi connectivity index (χ1n) is 13.4. The zero-order valence-corrected chi connectivity index (χ0v) is 23.0. The third-order valence-electron chi connectivity index (χ3n) is 6.82. The maximum Gasteiger partial charge on any atom is 0.276 e. The molecule has 0 saturated heterocycles. The molecular formula is C28H36N8O3. The van der Waals surface area contributed by atoms with Crippen molar-refractivity contribution in [3.8, 4) is 0 Å². The zero-order valence-electron chi connectivity index (χ0n) is 23.0. The normalized spacial score (nSPS) is 11.3. The summed E-state index contributed by atoms with van der Waals surface area (Å²) in [4.78, 5) is 41.1. The number of unbranched alkanes of at least 4 members (excludes halogenated alkanes) is 2. The molecule has 0 atom stereocenters. The SMILES string of the molecule is CCCn1c(NC(=O)c2c(CCCCCn3nc(C)cc3C=O)c(C)nn2CC)nc2cc(C(N)=O)ccc21. The van der Waals surface area contributed by atoms with Crippen LogP contribution in [-0.4, -0.2) is 47.2 Å². The fourth-order valence-corrected chi connectivity index (χ4v) is 4.97. The van der Waals surface area contributed by atoms with Crippen LogP contribution in [0.2, 0.25) is 0 Å². The summed E-state index contributed by atoms with van der Waals surface area (Å²) in [7, 11) is 0. The van der Waals surface area contributed by atoms with E-state index in [-0.39, 0.29) is 5.91 Å². The molecule has 4 rings (SSSR count). The van der Waals surface area contributed by atoms with Crippen molar-refractivity contribution in [1.82, 2.24) is 29.1 Å². The summed E-state index contributed by atoms with van der Waals surface area (Å²) >= 11 is 0. The molecule has 0 unspecified atom stereocenters. The number of primary amides is 1. The summed E-state index contributed by atoms with van der Waals surface area (Å²) in [5, 5.41) is 12.0. The number of hydrogen-bond acceptors (Lipinski definition) is 6. The van der Waals surface area contributed by atoms with E-state index in [0.29, 0.717) is 54.5 Å². The van der Waals surface area contributed by atoms with Gasteiger partial charge in [-0.3, -0.25) is 29.1 Å². The van der Waals surface area contributed by atoms with Gasteiger partial charge in [-0.25, -0.2) is 4.98 Å². The number of fused-ring (bicyclic) bond motifs is 1. The van der Waals surface area contributed by atoms with Crippen molar-refractivity contribution in [2.45, 2.75) is 79.4 Å². The van der Waals surface area contributed by atoms with E-state index in [1.807, 2.05) is 31.4 Å². The Kier molecular flexibility index (Phi) is 8.58. The number of imidazole rings is 1. The number of benzene rings is 1. The van der Waals surface area contributed by atoms with Crippen LogP contribution in [0, 0.1) is 13.8 Å². The second-order valence-corrected chi connectivity index (χ2v) is 9.70. The van der Waals surface area contributed by atoms with Crippen molar-refractivity contribution < 1.29 is 14.4 Å². The minimum absolute atomic E-state index is 0.266. The average Bonchev–Trinajstić information content (AvgIpc) is 3.55. The minimum atomic E-state index is -0.525. The van der Waals surface area contributed by atoms with Gasteiger partial charge in [0.2, 0.25) is 11.9 Å². The predicted octanol–water partition coefficient (Wildman–Crippen LogP) is 4.05.